The number of hydrazone groups is 1. The van der Waals surface area contributed by atoms with Gasteiger partial charge in [-0.1, -0.05) is 28.6 Å². The number of nitrogens with one attached hydrogen (secondary N) is 1. The Kier molecular flexibility index (Phi) is 6.73. The van der Waals surface area contributed by atoms with Crippen molar-refractivity contribution < 1.29 is 4.74 Å². The van der Waals surface area contributed by atoms with E-state index in [9.17, 15) is 0 Å². The maximum Gasteiger partial charge on any atom is 0.204 e. The van der Waals surface area contributed by atoms with Crippen molar-refractivity contribution in [2.45, 2.75) is 12.8 Å². The molecular weight excluding hydrogens is 376 g/mol. The molecule has 0 bridgehead atoms. The molecule has 0 atom stereocenters. The number of thiazole rings is 1. The van der Waals surface area contributed by atoms with E-state index >= 15 is 0 Å². The number of azide groups is 1. The lowest BCUT2D eigenvalue weighted by Crippen LogP contribution is -2.09. The van der Waals surface area contributed by atoms with Crippen LogP contribution >= 0.6 is 11.3 Å². The topological polar surface area (TPSA) is 132 Å². The molecule has 3 aromatic rings. The Balaban J connectivity index is 1.80. The van der Waals surface area contributed by atoms with Gasteiger partial charge in [0.15, 0.2) is 0 Å². The van der Waals surface area contributed by atoms with Crippen LogP contribution in [0.15, 0.2) is 52.8 Å². The van der Waals surface area contributed by atoms with E-state index in [-0.39, 0.29) is 6.54 Å². The predicted octanol–water partition coefficient (Wildman–Crippen LogP) is 4.50. The molecule has 3 rings (SSSR count). The Morgan fingerprint density at radius 1 is 1.32 bits per heavy atom. The number of para-hydroxylation sites is 1. The van der Waals surface area contributed by atoms with E-state index in [2.05, 4.69) is 36.6 Å². The summed E-state index contributed by atoms with van der Waals surface area (Å²) in [5, 5.41) is 17.1. The molecule has 0 saturated carbocycles. The Hall–Kier alpha value is -3.67. The number of aromatic nitrogens is 2. The lowest BCUT2D eigenvalue weighted by molar-refractivity contribution is 0.316. The van der Waals surface area contributed by atoms with Gasteiger partial charge >= 0.3 is 0 Å². The number of nitrogens with zero attached hydrogens (tertiary/aromatic N) is 7. The zero-order valence-electron chi connectivity index (χ0n) is 14.8. The third-order valence-electron chi connectivity index (χ3n) is 3.60. The Bertz CT molecular complexity index is 1050. The van der Waals surface area contributed by atoms with Crippen LogP contribution in [-0.4, -0.2) is 28.8 Å². The van der Waals surface area contributed by atoms with Gasteiger partial charge in [-0.2, -0.15) is 10.4 Å². The molecule has 2 aromatic heterocycles. The van der Waals surface area contributed by atoms with Crippen molar-refractivity contribution >= 4 is 32.4 Å². The van der Waals surface area contributed by atoms with Crippen LogP contribution in [0.5, 0.6) is 5.75 Å². The van der Waals surface area contributed by atoms with Gasteiger partial charge in [-0.15, -0.1) is 0 Å². The minimum atomic E-state index is 0.0681. The summed E-state index contributed by atoms with van der Waals surface area (Å²) < 4.78 is 6.70. The van der Waals surface area contributed by atoms with E-state index in [0.29, 0.717) is 41.7 Å². The standard InChI is InChI=1S/C18H16N8OS/c19-9-2-4-11-27-15-7-5-8-16-17(15)23-18(28-16)25-24-14(12-22-26-20)13-6-1-3-10-21-13/h1,3,5-8,10H,2,4,11-12H2,(H,23,25)/b24-14+. The molecular formula is C18H16N8OS. The highest BCUT2D eigenvalue weighted by Gasteiger charge is 2.10. The van der Waals surface area contributed by atoms with E-state index in [1.54, 1.807) is 18.3 Å². The van der Waals surface area contributed by atoms with Crippen LogP contribution in [0.1, 0.15) is 18.5 Å². The molecule has 0 unspecified atom stereocenters. The minimum Gasteiger partial charge on any atom is -0.491 e. The van der Waals surface area contributed by atoms with Gasteiger partial charge in [0.1, 0.15) is 11.3 Å². The van der Waals surface area contributed by atoms with Crippen LogP contribution in [0.2, 0.25) is 0 Å². The highest BCUT2D eigenvalue weighted by Crippen LogP contribution is 2.32. The average molecular weight is 392 g/mol. The number of hydrogen-bond acceptors (Lipinski definition) is 8. The largest absolute Gasteiger partial charge is 0.491 e. The molecule has 0 aliphatic carbocycles. The minimum absolute atomic E-state index is 0.0681. The van der Waals surface area contributed by atoms with Crippen LogP contribution in [0.4, 0.5) is 5.13 Å². The first-order valence-corrected chi connectivity index (χ1v) is 9.27. The van der Waals surface area contributed by atoms with E-state index < -0.39 is 0 Å². The molecule has 0 amide bonds. The zero-order chi connectivity index (χ0) is 19.6. The van der Waals surface area contributed by atoms with Crippen molar-refractivity contribution in [3.63, 3.8) is 0 Å². The van der Waals surface area contributed by atoms with E-state index in [1.807, 2.05) is 24.3 Å². The SMILES string of the molecule is N#CCCCOc1cccc2sc(N/N=C(\CN=[N+]=[N-])c3ccccn3)nc12. The molecule has 0 aliphatic heterocycles. The van der Waals surface area contributed by atoms with Crippen molar-refractivity contribution in [3.8, 4) is 11.8 Å². The molecule has 9 nitrogen and oxygen atoms in total. The quantitative estimate of drug-likeness (QED) is 0.143. The lowest BCUT2D eigenvalue weighted by atomic mass is 10.2. The van der Waals surface area contributed by atoms with Gasteiger partial charge in [0.05, 0.1) is 35.3 Å². The smallest absolute Gasteiger partial charge is 0.204 e. The molecule has 0 fully saturated rings. The van der Waals surface area contributed by atoms with Gasteiger partial charge in [0.2, 0.25) is 5.13 Å². The summed E-state index contributed by atoms with van der Waals surface area (Å²) in [6, 6.07) is 13.2. The number of benzene rings is 1. The molecule has 10 heteroatoms. The van der Waals surface area contributed by atoms with Crippen molar-refractivity contribution in [1.82, 2.24) is 9.97 Å². The second kappa shape index (κ2) is 9.87. The van der Waals surface area contributed by atoms with Crippen LogP contribution in [0.3, 0.4) is 0 Å². The summed E-state index contributed by atoms with van der Waals surface area (Å²) in [6.45, 7) is 0.528. The monoisotopic (exact) mass is 392 g/mol. The number of pyridine rings is 1. The first kappa shape index (κ1) is 19.1. The highest BCUT2D eigenvalue weighted by atomic mass is 32.1. The number of unbranched alkanes of at least 4 members (excludes halogenated alkanes) is 1. The van der Waals surface area contributed by atoms with E-state index in [4.69, 9.17) is 15.5 Å². The van der Waals surface area contributed by atoms with Gasteiger partial charge in [-0.25, -0.2) is 4.98 Å². The van der Waals surface area contributed by atoms with Gasteiger partial charge in [0.25, 0.3) is 0 Å². The lowest BCUT2D eigenvalue weighted by Gasteiger charge is -2.04. The molecule has 0 saturated heterocycles. The predicted molar refractivity (Wildman–Crippen MR) is 108 cm³/mol. The fraction of sp³-hybridized carbons (Fsp3) is 0.222. The summed E-state index contributed by atoms with van der Waals surface area (Å²) in [6.07, 6.45) is 2.77. The fourth-order valence-electron chi connectivity index (χ4n) is 2.34. The number of fused-ring (bicyclic) bond motifs is 1. The van der Waals surface area contributed by atoms with E-state index in [1.165, 1.54) is 11.3 Å². The Labute approximate surface area is 164 Å². The second-order valence-electron chi connectivity index (χ2n) is 5.51. The van der Waals surface area contributed by atoms with Crippen LogP contribution in [0.25, 0.3) is 20.7 Å². The molecule has 140 valence electrons. The molecule has 28 heavy (non-hydrogen) atoms. The number of hydrogen-bond donors (Lipinski definition) is 1. The first-order chi connectivity index (χ1) is 13.8. The molecule has 0 spiro atoms. The molecule has 1 N–H and O–H groups in total. The van der Waals surface area contributed by atoms with Crippen LogP contribution in [-0.2, 0) is 0 Å². The van der Waals surface area contributed by atoms with Crippen molar-refractivity contribution in [1.29, 1.82) is 5.26 Å². The summed E-state index contributed by atoms with van der Waals surface area (Å²) in [4.78, 5) is 11.6. The van der Waals surface area contributed by atoms with Gasteiger partial charge < -0.3 is 4.74 Å². The number of ether oxygens (including phenoxy) is 1. The molecule has 1 aromatic carbocycles. The Morgan fingerprint density at radius 2 is 2.25 bits per heavy atom. The van der Waals surface area contributed by atoms with Gasteiger partial charge in [-0.3, -0.25) is 10.4 Å². The van der Waals surface area contributed by atoms with E-state index in [0.717, 1.165) is 10.2 Å². The molecule has 0 radical (unpaired) electrons. The number of nitriles is 1. The normalized spacial score (nSPS) is 10.9. The molecule has 2 heterocycles. The molecule has 0 aliphatic rings. The van der Waals surface area contributed by atoms with Crippen LogP contribution in [0, 0.1) is 11.3 Å². The van der Waals surface area contributed by atoms with Crippen molar-refractivity contribution in [3.05, 3.63) is 58.7 Å². The summed E-state index contributed by atoms with van der Waals surface area (Å²) in [5.74, 6) is 0.669. The fourth-order valence-corrected chi connectivity index (χ4v) is 3.17. The Morgan fingerprint density at radius 3 is 3.04 bits per heavy atom. The van der Waals surface area contributed by atoms with Gasteiger partial charge in [-0.05, 0) is 36.2 Å². The first-order valence-electron chi connectivity index (χ1n) is 8.46. The van der Waals surface area contributed by atoms with Gasteiger partial charge in [0, 0.05) is 17.5 Å². The third kappa shape index (κ3) is 4.94. The number of rotatable bonds is 9. The maximum absolute atomic E-state index is 8.61. The van der Waals surface area contributed by atoms with Crippen molar-refractivity contribution in [2.24, 2.45) is 10.2 Å². The summed E-state index contributed by atoms with van der Waals surface area (Å²) in [7, 11) is 0. The second-order valence-corrected chi connectivity index (χ2v) is 6.54. The number of anilines is 1. The van der Waals surface area contributed by atoms with Crippen molar-refractivity contribution in [2.75, 3.05) is 18.6 Å². The maximum atomic E-state index is 8.61. The third-order valence-corrected chi connectivity index (χ3v) is 4.53. The summed E-state index contributed by atoms with van der Waals surface area (Å²) in [5.41, 5.74) is 13.4. The summed E-state index contributed by atoms with van der Waals surface area (Å²) >= 11 is 1.43. The zero-order valence-corrected chi connectivity index (χ0v) is 15.6. The average Bonchev–Trinajstić information content (AvgIpc) is 3.16. The van der Waals surface area contributed by atoms with Crippen LogP contribution < -0.4 is 10.2 Å². The highest BCUT2D eigenvalue weighted by molar-refractivity contribution is 7.22.